The molecule has 1 aliphatic rings. The van der Waals surface area contributed by atoms with Crippen LogP contribution >= 0.6 is 0 Å². The lowest BCUT2D eigenvalue weighted by molar-refractivity contribution is 0.134. The molecule has 0 heterocycles. The summed E-state index contributed by atoms with van der Waals surface area (Å²) in [7, 11) is 0. The van der Waals surface area contributed by atoms with Gasteiger partial charge in [0.1, 0.15) is 11.9 Å². The summed E-state index contributed by atoms with van der Waals surface area (Å²) in [5, 5.41) is 0. The van der Waals surface area contributed by atoms with E-state index < -0.39 is 0 Å². The molecule has 0 aromatic heterocycles. The molecule has 0 unspecified atom stereocenters. The molecule has 1 nitrogen and oxygen atoms in total. The fourth-order valence-corrected chi connectivity index (χ4v) is 2.80. The van der Waals surface area contributed by atoms with Crippen LogP contribution in [0, 0.1) is 19.8 Å². The second kappa shape index (κ2) is 5.17. The van der Waals surface area contributed by atoms with Gasteiger partial charge >= 0.3 is 0 Å². The number of benzene rings is 1. The van der Waals surface area contributed by atoms with Crippen molar-refractivity contribution in [2.24, 2.45) is 5.92 Å². The number of rotatable bonds is 2. The fraction of sp³-hybridized carbons (Fsp3) is 0.529. The normalized spacial score (nSPS) is 24.3. The number of ether oxygens (including phenoxy) is 1. The van der Waals surface area contributed by atoms with Crippen molar-refractivity contribution >= 4 is 0 Å². The number of hydrogen-bond acceptors (Lipinski definition) is 1. The van der Waals surface area contributed by atoms with Crippen molar-refractivity contribution < 1.29 is 4.74 Å². The van der Waals surface area contributed by atoms with E-state index in [9.17, 15) is 0 Å². The van der Waals surface area contributed by atoms with Gasteiger partial charge in [-0.3, -0.25) is 0 Å². The van der Waals surface area contributed by atoms with Gasteiger partial charge in [0.05, 0.1) is 0 Å². The van der Waals surface area contributed by atoms with Gasteiger partial charge in [-0.15, -0.1) is 0 Å². The first-order chi connectivity index (χ1) is 8.45. The zero-order chi connectivity index (χ0) is 13.3. The van der Waals surface area contributed by atoms with Crippen LogP contribution in [-0.4, -0.2) is 6.10 Å². The molecular weight excluding hydrogens is 220 g/mol. The van der Waals surface area contributed by atoms with Crippen LogP contribution in [0.5, 0.6) is 5.75 Å². The van der Waals surface area contributed by atoms with E-state index >= 15 is 0 Å². The van der Waals surface area contributed by atoms with E-state index in [1.54, 1.807) is 5.57 Å². The van der Waals surface area contributed by atoms with Crippen molar-refractivity contribution in [1.29, 1.82) is 0 Å². The van der Waals surface area contributed by atoms with E-state index in [4.69, 9.17) is 4.74 Å². The predicted octanol–water partition coefficient (Wildman–Crippen LogP) is 4.82. The Hall–Kier alpha value is -1.24. The van der Waals surface area contributed by atoms with Gasteiger partial charge < -0.3 is 4.74 Å². The zero-order valence-electron chi connectivity index (χ0n) is 12.2. The molecule has 2 atom stereocenters. The average Bonchev–Trinajstić information content (AvgIpc) is 2.24. The van der Waals surface area contributed by atoms with Crippen molar-refractivity contribution in [2.45, 2.75) is 53.6 Å². The largest absolute Gasteiger partial charge is 0.490 e. The highest BCUT2D eigenvalue weighted by molar-refractivity contribution is 5.33. The SMILES string of the molecule is CC1=C(C)C[C@H](C)[C@@H](Oc2cc(C)cc(C)c2)C1. The van der Waals surface area contributed by atoms with Crippen LogP contribution in [0.2, 0.25) is 0 Å². The molecule has 2 rings (SSSR count). The lowest BCUT2D eigenvalue weighted by atomic mass is 9.84. The third-order valence-corrected chi connectivity index (χ3v) is 3.98. The molecule has 1 heteroatoms. The van der Waals surface area contributed by atoms with E-state index in [0.717, 1.165) is 12.2 Å². The fourth-order valence-electron chi connectivity index (χ4n) is 2.80. The second-order valence-electron chi connectivity index (χ2n) is 5.93. The minimum atomic E-state index is 0.329. The topological polar surface area (TPSA) is 9.23 Å². The van der Waals surface area contributed by atoms with Gasteiger partial charge in [0.2, 0.25) is 0 Å². The van der Waals surface area contributed by atoms with Crippen LogP contribution in [0.3, 0.4) is 0 Å². The summed E-state index contributed by atoms with van der Waals surface area (Å²) in [6, 6.07) is 6.47. The molecule has 0 saturated heterocycles. The Morgan fingerprint density at radius 3 is 2.06 bits per heavy atom. The van der Waals surface area contributed by atoms with E-state index in [0.29, 0.717) is 12.0 Å². The van der Waals surface area contributed by atoms with Crippen LogP contribution in [0.25, 0.3) is 0 Å². The lowest BCUT2D eigenvalue weighted by Crippen LogP contribution is -2.29. The van der Waals surface area contributed by atoms with Crippen molar-refractivity contribution in [2.75, 3.05) is 0 Å². The van der Waals surface area contributed by atoms with E-state index in [2.05, 4.69) is 52.8 Å². The summed E-state index contributed by atoms with van der Waals surface area (Å²) >= 11 is 0. The molecule has 18 heavy (non-hydrogen) atoms. The monoisotopic (exact) mass is 244 g/mol. The second-order valence-corrected chi connectivity index (χ2v) is 5.93. The third-order valence-electron chi connectivity index (χ3n) is 3.98. The smallest absolute Gasteiger partial charge is 0.120 e. The molecule has 0 fully saturated rings. The van der Waals surface area contributed by atoms with E-state index in [-0.39, 0.29) is 0 Å². The Morgan fingerprint density at radius 1 is 0.889 bits per heavy atom. The summed E-state index contributed by atoms with van der Waals surface area (Å²) in [6.07, 6.45) is 2.57. The van der Waals surface area contributed by atoms with Gasteiger partial charge in [-0.2, -0.15) is 0 Å². The van der Waals surface area contributed by atoms with Crippen molar-refractivity contribution in [3.63, 3.8) is 0 Å². The van der Waals surface area contributed by atoms with Gasteiger partial charge in [0.25, 0.3) is 0 Å². The summed E-state index contributed by atoms with van der Waals surface area (Å²) in [5.74, 6) is 1.63. The summed E-state index contributed by atoms with van der Waals surface area (Å²) in [6.45, 7) is 11.0. The first-order valence-corrected chi connectivity index (χ1v) is 6.86. The Bertz CT molecular complexity index is 450. The highest BCUT2D eigenvalue weighted by atomic mass is 16.5. The molecule has 0 amide bonds. The van der Waals surface area contributed by atoms with Gasteiger partial charge in [0, 0.05) is 6.42 Å². The lowest BCUT2D eigenvalue weighted by Gasteiger charge is -2.31. The molecule has 1 aromatic carbocycles. The van der Waals surface area contributed by atoms with Gasteiger partial charge in [-0.05, 0) is 63.3 Å². The Balaban J connectivity index is 2.14. The molecule has 98 valence electrons. The van der Waals surface area contributed by atoms with Crippen molar-refractivity contribution in [1.82, 2.24) is 0 Å². The van der Waals surface area contributed by atoms with Gasteiger partial charge in [-0.1, -0.05) is 24.1 Å². The highest BCUT2D eigenvalue weighted by Crippen LogP contribution is 2.32. The maximum atomic E-state index is 6.21. The molecular formula is C17H24O. The molecule has 0 spiro atoms. The molecule has 0 bridgehead atoms. The van der Waals surface area contributed by atoms with Crippen LogP contribution in [-0.2, 0) is 0 Å². The minimum absolute atomic E-state index is 0.329. The average molecular weight is 244 g/mol. The van der Waals surface area contributed by atoms with Crippen molar-refractivity contribution in [3.05, 3.63) is 40.5 Å². The summed E-state index contributed by atoms with van der Waals surface area (Å²) in [5.41, 5.74) is 5.60. The number of aryl methyl sites for hydroxylation is 2. The van der Waals surface area contributed by atoms with E-state index in [1.165, 1.54) is 23.1 Å². The quantitative estimate of drug-likeness (QED) is 0.678. The third kappa shape index (κ3) is 2.95. The number of hydrogen-bond donors (Lipinski definition) is 0. The Morgan fingerprint density at radius 2 is 1.44 bits per heavy atom. The molecule has 0 aliphatic heterocycles. The van der Waals surface area contributed by atoms with Crippen LogP contribution in [0.15, 0.2) is 29.3 Å². The molecule has 1 aromatic rings. The first-order valence-electron chi connectivity index (χ1n) is 6.86. The maximum absolute atomic E-state index is 6.21. The summed E-state index contributed by atoms with van der Waals surface area (Å²) < 4.78 is 6.21. The van der Waals surface area contributed by atoms with Crippen LogP contribution in [0.1, 0.15) is 44.7 Å². The van der Waals surface area contributed by atoms with Crippen LogP contribution < -0.4 is 4.74 Å². The minimum Gasteiger partial charge on any atom is -0.490 e. The van der Waals surface area contributed by atoms with Gasteiger partial charge in [0.15, 0.2) is 0 Å². The first kappa shape index (κ1) is 13.2. The maximum Gasteiger partial charge on any atom is 0.120 e. The zero-order valence-corrected chi connectivity index (χ0v) is 12.2. The van der Waals surface area contributed by atoms with Crippen molar-refractivity contribution in [3.8, 4) is 5.75 Å². The molecule has 0 radical (unpaired) electrons. The Kier molecular flexibility index (Phi) is 3.79. The molecule has 0 saturated carbocycles. The van der Waals surface area contributed by atoms with Crippen LogP contribution in [0.4, 0.5) is 0 Å². The standard InChI is InChI=1S/C17H24O/c1-11-6-12(2)8-16(7-11)18-17-10-14(4)13(3)9-15(17)5/h6-8,15,17H,9-10H2,1-5H3/t15-,17-/m0/s1. The number of allylic oxidation sites excluding steroid dienone is 1. The Labute approximate surface area is 111 Å². The van der Waals surface area contributed by atoms with Gasteiger partial charge in [-0.25, -0.2) is 0 Å². The van der Waals surface area contributed by atoms with E-state index in [1.807, 2.05) is 0 Å². The highest BCUT2D eigenvalue weighted by Gasteiger charge is 2.25. The molecule has 0 N–H and O–H groups in total. The molecule has 1 aliphatic carbocycles. The summed E-state index contributed by atoms with van der Waals surface area (Å²) in [4.78, 5) is 0. The predicted molar refractivity (Wildman–Crippen MR) is 77.1 cm³/mol.